The van der Waals surface area contributed by atoms with Crippen LogP contribution in [-0.2, 0) is 11.3 Å². The molecular formula is C10H14Cl2O. The number of halogens is 2. The van der Waals surface area contributed by atoms with E-state index in [2.05, 4.69) is 0 Å². The molecule has 74 valence electrons. The van der Waals surface area contributed by atoms with Crippen molar-refractivity contribution in [3.63, 3.8) is 0 Å². The molecule has 1 nitrogen and oxygen atoms in total. The maximum absolute atomic E-state index is 5.76. The van der Waals surface area contributed by atoms with Crippen LogP contribution in [0.2, 0.25) is 10.0 Å². The summed E-state index contributed by atoms with van der Waals surface area (Å²) in [6, 6.07) is 5.45. The minimum absolute atomic E-state index is 0.566. The third-order valence-electron chi connectivity index (χ3n) is 1.30. The maximum atomic E-state index is 5.76. The summed E-state index contributed by atoms with van der Waals surface area (Å²) in [6.07, 6.45) is 0. The monoisotopic (exact) mass is 220 g/mol. The second-order valence-corrected chi connectivity index (χ2v) is 3.00. The van der Waals surface area contributed by atoms with E-state index in [0.717, 1.165) is 5.56 Å². The summed E-state index contributed by atoms with van der Waals surface area (Å²) < 4.78 is 4.92. The Bertz CT molecular complexity index is 249. The molecule has 0 radical (unpaired) electrons. The molecule has 1 aromatic carbocycles. The predicted molar refractivity (Wildman–Crippen MR) is 58.5 cm³/mol. The van der Waals surface area contributed by atoms with Gasteiger partial charge in [0.1, 0.15) is 0 Å². The Hall–Kier alpha value is -0.240. The minimum atomic E-state index is 0.566. The number of benzene rings is 1. The zero-order valence-electron chi connectivity index (χ0n) is 8.10. The van der Waals surface area contributed by atoms with Crippen LogP contribution in [0.4, 0.5) is 0 Å². The van der Waals surface area contributed by atoms with E-state index in [1.807, 2.05) is 19.9 Å². The van der Waals surface area contributed by atoms with Gasteiger partial charge in [0, 0.05) is 7.11 Å². The lowest BCUT2D eigenvalue weighted by Gasteiger charge is -2.00. The van der Waals surface area contributed by atoms with Gasteiger partial charge < -0.3 is 4.74 Å². The van der Waals surface area contributed by atoms with Crippen LogP contribution < -0.4 is 0 Å². The molecule has 0 saturated carbocycles. The van der Waals surface area contributed by atoms with E-state index >= 15 is 0 Å². The van der Waals surface area contributed by atoms with Gasteiger partial charge >= 0.3 is 0 Å². The van der Waals surface area contributed by atoms with Crippen molar-refractivity contribution in [1.82, 2.24) is 0 Å². The minimum Gasteiger partial charge on any atom is -0.380 e. The van der Waals surface area contributed by atoms with Gasteiger partial charge in [0.15, 0.2) is 0 Å². The van der Waals surface area contributed by atoms with Gasteiger partial charge in [-0.3, -0.25) is 0 Å². The first kappa shape index (κ1) is 12.8. The molecule has 0 atom stereocenters. The topological polar surface area (TPSA) is 9.23 Å². The number of methoxy groups -OCH3 is 1. The molecule has 0 unspecified atom stereocenters. The van der Waals surface area contributed by atoms with Crippen molar-refractivity contribution in [2.24, 2.45) is 0 Å². The summed E-state index contributed by atoms with van der Waals surface area (Å²) in [7, 11) is 1.64. The highest BCUT2D eigenvalue weighted by Crippen LogP contribution is 2.22. The molecule has 0 aliphatic heterocycles. The molecular weight excluding hydrogens is 207 g/mol. The standard InChI is InChI=1S/C8H8Cl2O.C2H6/c1-11-5-6-2-3-7(9)8(10)4-6;1-2/h2-4H,5H2,1H3;1-2H3. The lowest BCUT2D eigenvalue weighted by Crippen LogP contribution is -1.86. The summed E-state index contributed by atoms with van der Waals surface area (Å²) in [4.78, 5) is 0. The van der Waals surface area contributed by atoms with Crippen molar-refractivity contribution in [2.45, 2.75) is 20.5 Å². The molecule has 0 N–H and O–H groups in total. The average molecular weight is 221 g/mol. The van der Waals surface area contributed by atoms with Gasteiger partial charge in [-0.15, -0.1) is 0 Å². The molecule has 1 rings (SSSR count). The van der Waals surface area contributed by atoms with Crippen molar-refractivity contribution < 1.29 is 4.74 Å². The van der Waals surface area contributed by atoms with Crippen LogP contribution in [0.15, 0.2) is 18.2 Å². The molecule has 0 bridgehead atoms. The molecule has 0 fully saturated rings. The number of ether oxygens (including phenoxy) is 1. The van der Waals surface area contributed by atoms with Crippen molar-refractivity contribution in [3.05, 3.63) is 33.8 Å². The summed E-state index contributed by atoms with van der Waals surface area (Å²) >= 11 is 11.5. The molecule has 0 saturated heterocycles. The number of rotatable bonds is 2. The van der Waals surface area contributed by atoms with E-state index in [1.165, 1.54) is 0 Å². The summed E-state index contributed by atoms with van der Waals surface area (Å²) in [5, 5.41) is 1.15. The highest BCUT2D eigenvalue weighted by molar-refractivity contribution is 6.41. The van der Waals surface area contributed by atoms with E-state index in [-0.39, 0.29) is 0 Å². The molecule has 3 heteroatoms. The fourth-order valence-corrected chi connectivity index (χ4v) is 1.12. The van der Waals surface area contributed by atoms with Crippen molar-refractivity contribution in [1.29, 1.82) is 0 Å². The first-order valence-electron chi connectivity index (χ1n) is 4.17. The van der Waals surface area contributed by atoms with Crippen LogP contribution in [0, 0.1) is 0 Å². The zero-order chi connectivity index (χ0) is 10.3. The Morgan fingerprint density at radius 1 is 1.15 bits per heavy atom. The first-order valence-corrected chi connectivity index (χ1v) is 4.92. The predicted octanol–water partition coefficient (Wildman–Crippen LogP) is 4.17. The van der Waals surface area contributed by atoms with Crippen molar-refractivity contribution in [2.75, 3.05) is 7.11 Å². The van der Waals surface area contributed by atoms with Crippen molar-refractivity contribution in [3.8, 4) is 0 Å². The average Bonchev–Trinajstić information content (AvgIpc) is 2.15. The Labute approximate surface area is 89.6 Å². The molecule has 1 aromatic rings. The zero-order valence-corrected chi connectivity index (χ0v) is 9.62. The van der Waals surface area contributed by atoms with Gasteiger partial charge in [-0.05, 0) is 17.7 Å². The van der Waals surface area contributed by atoms with Crippen LogP contribution in [0.25, 0.3) is 0 Å². The van der Waals surface area contributed by atoms with Gasteiger partial charge in [0.05, 0.1) is 16.7 Å². The molecule has 0 aromatic heterocycles. The summed E-state index contributed by atoms with van der Waals surface area (Å²) in [5.41, 5.74) is 1.03. The molecule has 0 spiro atoms. The van der Waals surface area contributed by atoms with Gasteiger partial charge in [0.25, 0.3) is 0 Å². The third kappa shape index (κ3) is 4.51. The van der Waals surface area contributed by atoms with Crippen LogP contribution in [0.3, 0.4) is 0 Å². The lowest BCUT2D eigenvalue weighted by molar-refractivity contribution is 0.185. The lowest BCUT2D eigenvalue weighted by atomic mass is 10.2. The van der Waals surface area contributed by atoms with E-state index in [4.69, 9.17) is 27.9 Å². The molecule has 0 aliphatic carbocycles. The van der Waals surface area contributed by atoms with E-state index in [1.54, 1.807) is 19.2 Å². The Kier molecular flexibility index (Phi) is 7.06. The van der Waals surface area contributed by atoms with E-state index in [0.29, 0.717) is 16.7 Å². The molecule has 13 heavy (non-hydrogen) atoms. The number of hydrogen-bond donors (Lipinski definition) is 0. The Morgan fingerprint density at radius 3 is 2.23 bits per heavy atom. The molecule has 0 aliphatic rings. The normalized spacial score (nSPS) is 9.00. The highest BCUT2D eigenvalue weighted by Gasteiger charge is 1.97. The van der Waals surface area contributed by atoms with E-state index in [9.17, 15) is 0 Å². The fraction of sp³-hybridized carbons (Fsp3) is 0.400. The Balaban J connectivity index is 0.000000671. The first-order chi connectivity index (χ1) is 6.24. The quantitative estimate of drug-likeness (QED) is 0.728. The third-order valence-corrected chi connectivity index (χ3v) is 2.03. The summed E-state index contributed by atoms with van der Waals surface area (Å²) in [6.45, 7) is 4.57. The largest absolute Gasteiger partial charge is 0.380 e. The SMILES string of the molecule is CC.COCc1ccc(Cl)c(Cl)c1. The highest BCUT2D eigenvalue weighted by atomic mass is 35.5. The van der Waals surface area contributed by atoms with Crippen LogP contribution in [0.1, 0.15) is 19.4 Å². The molecule has 0 heterocycles. The van der Waals surface area contributed by atoms with Crippen LogP contribution >= 0.6 is 23.2 Å². The van der Waals surface area contributed by atoms with E-state index < -0.39 is 0 Å². The maximum Gasteiger partial charge on any atom is 0.0713 e. The van der Waals surface area contributed by atoms with Gasteiger partial charge in [0.2, 0.25) is 0 Å². The second kappa shape index (κ2) is 7.19. The fourth-order valence-electron chi connectivity index (χ4n) is 0.796. The van der Waals surface area contributed by atoms with Gasteiger partial charge in [-0.1, -0.05) is 43.1 Å². The van der Waals surface area contributed by atoms with Crippen LogP contribution in [0.5, 0.6) is 0 Å². The Morgan fingerprint density at radius 2 is 1.77 bits per heavy atom. The summed E-state index contributed by atoms with van der Waals surface area (Å²) in [5.74, 6) is 0. The van der Waals surface area contributed by atoms with Crippen LogP contribution in [-0.4, -0.2) is 7.11 Å². The van der Waals surface area contributed by atoms with Crippen molar-refractivity contribution >= 4 is 23.2 Å². The second-order valence-electron chi connectivity index (χ2n) is 2.18. The number of hydrogen-bond acceptors (Lipinski definition) is 1. The molecule has 0 amide bonds. The van der Waals surface area contributed by atoms with Gasteiger partial charge in [-0.25, -0.2) is 0 Å². The smallest absolute Gasteiger partial charge is 0.0713 e. The van der Waals surface area contributed by atoms with Gasteiger partial charge in [-0.2, -0.15) is 0 Å².